The third-order valence-electron chi connectivity index (χ3n) is 4.44. The quantitative estimate of drug-likeness (QED) is 0.520. The number of rotatable bonds is 7. The largest absolute Gasteiger partial charge is 0.492 e. The van der Waals surface area contributed by atoms with Crippen molar-refractivity contribution in [3.63, 3.8) is 0 Å². The molecule has 1 heterocycles. The van der Waals surface area contributed by atoms with Gasteiger partial charge in [-0.3, -0.25) is 9.59 Å². The van der Waals surface area contributed by atoms with Crippen LogP contribution < -0.4 is 15.4 Å². The van der Waals surface area contributed by atoms with Crippen molar-refractivity contribution in [2.24, 2.45) is 0 Å². The van der Waals surface area contributed by atoms with Gasteiger partial charge in [-0.2, -0.15) is 0 Å². The Morgan fingerprint density at radius 3 is 2.29 bits per heavy atom. The van der Waals surface area contributed by atoms with E-state index in [1.807, 2.05) is 13.0 Å². The number of carbonyl (C=O) groups is 3. The summed E-state index contributed by atoms with van der Waals surface area (Å²) in [5, 5.41) is 5.80. The van der Waals surface area contributed by atoms with E-state index in [9.17, 15) is 14.4 Å². The molecule has 8 heteroatoms. The molecular formula is C23H22N2O5S. The fourth-order valence-corrected chi connectivity index (χ4v) is 4.05. The van der Waals surface area contributed by atoms with Gasteiger partial charge in [-0.1, -0.05) is 30.3 Å². The number of amides is 2. The number of hydrogen-bond acceptors (Lipinski definition) is 6. The summed E-state index contributed by atoms with van der Waals surface area (Å²) in [5.41, 5.74) is 1.52. The van der Waals surface area contributed by atoms with Crippen LogP contribution in [-0.2, 0) is 4.74 Å². The third-order valence-corrected chi connectivity index (χ3v) is 5.65. The van der Waals surface area contributed by atoms with Crippen LogP contribution in [0.1, 0.15) is 42.9 Å². The minimum absolute atomic E-state index is 0.153. The average Bonchev–Trinajstić information content (AvgIpc) is 3.11. The number of ether oxygens (including phenoxy) is 2. The van der Waals surface area contributed by atoms with Gasteiger partial charge in [0.05, 0.1) is 29.8 Å². The second-order valence-corrected chi connectivity index (χ2v) is 7.48. The fraction of sp³-hybridized carbons (Fsp3) is 0.174. The van der Waals surface area contributed by atoms with Crippen molar-refractivity contribution >= 4 is 39.8 Å². The zero-order valence-electron chi connectivity index (χ0n) is 17.4. The van der Waals surface area contributed by atoms with Gasteiger partial charge in [-0.15, -0.1) is 11.3 Å². The maximum Gasteiger partial charge on any atom is 0.341 e. The Kier molecular flexibility index (Phi) is 7.04. The molecule has 0 unspecified atom stereocenters. The lowest BCUT2D eigenvalue weighted by Gasteiger charge is -2.11. The van der Waals surface area contributed by atoms with Crippen LogP contribution in [-0.4, -0.2) is 31.5 Å². The number of methoxy groups -OCH3 is 1. The highest BCUT2D eigenvalue weighted by Crippen LogP contribution is 2.35. The molecule has 3 aromatic rings. The number of thiophene rings is 1. The van der Waals surface area contributed by atoms with Gasteiger partial charge in [0.15, 0.2) is 0 Å². The van der Waals surface area contributed by atoms with Crippen LogP contribution in [0.25, 0.3) is 0 Å². The molecule has 2 aromatic carbocycles. The fourth-order valence-electron chi connectivity index (χ4n) is 2.96. The Bertz CT molecular complexity index is 1110. The lowest BCUT2D eigenvalue weighted by atomic mass is 10.1. The van der Waals surface area contributed by atoms with Gasteiger partial charge in [0.2, 0.25) is 0 Å². The molecule has 0 fully saturated rings. The Balaban J connectivity index is 1.93. The van der Waals surface area contributed by atoms with E-state index in [0.717, 1.165) is 11.3 Å². The Morgan fingerprint density at radius 1 is 0.935 bits per heavy atom. The van der Waals surface area contributed by atoms with Crippen LogP contribution in [0.3, 0.4) is 0 Å². The summed E-state index contributed by atoms with van der Waals surface area (Å²) in [6.45, 7) is 3.95. The summed E-state index contributed by atoms with van der Waals surface area (Å²) >= 11 is 1.01. The highest BCUT2D eigenvalue weighted by Gasteiger charge is 2.27. The van der Waals surface area contributed by atoms with Gasteiger partial charge in [-0.25, -0.2) is 4.79 Å². The molecule has 1 aromatic heterocycles. The number of benzene rings is 2. The van der Waals surface area contributed by atoms with Crippen molar-refractivity contribution in [1.82, 2.24) is 0 Å². The first kappa shape index (κ1) is 22.0. The Hall–Kier alpha value is -3.65. The summed E-state index contributed by atoms with van der Waals surface area (Å²) in [7, 11) is 1.25. The van der Waals surface area contributed by atoms with Crippen molar-refractivity contribution in [1.29, 1.82) is 0 Å². The SMILES string of the molecule is CCOc1ccccc1NC(=O)c1sc(NC(=O)c2ccccc2)c(C(=O)OC)c1C. The first-order valence-corrected chi connectivity index (χ1v) is 10.4. The molecule has 0 bridgehead atoms. The highest BCUT2D eigenvalue weighted by molar-refractivity contribution is 7.19. The molecule has 0 radical (unpaired) electrons. The van der Waals surface area contributed by atoms with E-state index in [2.05, 4.69) is 10.6 Å². The molecule has 160 valence electrons. The van der Waals surface area contributed by atoms with E-state index < -0.39 is 11.9 Å². The smallest absolute Gasteiger partial charge is 0.341 e. The second kappa shape index (κ2) is 9.90. The molecule has 2 amide bonds. The number of carbonyl (C=O) groups excluding carboxylic acids is 3. The van der Waals surface area contributed by atoms with Crippen LogP contribution in [0, 0.1) is 6.92 Å². The zero-order valence-corrected chi connectivity index (χ0v) is 18.2. The zero-order chi connectivity index (χ0) is 22.4. The first-order chi connectivity index (χ1) is 15.0. The van der Waals surface area contributed by atoms with Crippen molar-refractivity contribution < 1.29 is 23.9 Å². The Labute approximate surface area is 184 Å². The summed E-state index contributed by atoms with van der Waals surface area (Å²) in [6, 6.07) is 15.7. The molecule has 0 saturated heterocycles. The summed E-state index contributed by atoms with van der Waals surface area (Å²) < 4.78 is 10.4. The predicted molar refractivity (Wildman–Crippen MR) is 120 cm³/mol. The van der Waals surface area contributed by atoms with Gasteiger partial charge in [-0.05, 0) is 43.7 Å². The van der Waals surface area contributed by atoms with E-state index in [4.69, 9.17) is 9.47 Å². The first-order valence-electron chi connectivity index (χ1n) is 9.57. The van der Waals surface area contributed by atoms with Crippen LogP contribution in [0.15, 0.2) is 54.6 Å². The number of esters is 1. The minimum atomic E-state index is -0.633. The van der Waals surface area contributed by atoms with Gasteiger partial charge in [0, 0.05) is 5.56 Å². The number of anilines is 2. The summed E-state index contributed by atoms with van der Waals surface area (Å²) in [6.07, 6.45) is 0. The van der Waals surface area contributed by atoms with Crippen molar-refractivity contribution in [2.75, 3.05) is 24.4 Å². The number of hydrogen-bond donors (Lipinski definition) is 2. The van der Waals surface area contributed by atoms with E-state index in [1.165, 1.54) is 7.11 Å². The van der Waals surface area contributed by atoms with Crippen LogP contribution in [0.4, 0.5) is 10.7 Å². The third kappa shape index (κ3) is 4.92. The molecule has 31 heavy (non-hydrogen) atoms. The molecule has 0 saturated carbocycles. The van der Waals surface area contributed by atoms with Crippen molar-refractivity contribution in [2.45, 2.75) is 13.8 Å². The van der Waals surface area contributed by atoms with E-state index in [-0.39, 0.29) is 21.3 Å². The minimum Gasteiger partial charge on any atom is -0.492 e. The number of para-hydroxylation sites is 2. The molecule has 3 rings (SSSR count). The summed E-state index contributed by atoms with van der Waals surface area (Å²) in [4.78, 5) is 38.3. The Morgan fingerprint density at radius 2 is 1.61 bits per heavy atom. The lowest BCUT2D eigenvalue weighted by Crippen LogP contribution is -2.14. The topological polar surface area (TPSA) is 93.7 Å². The molecular weight excluding hydrogens is 416 g/mol. The van der Waals surface area contributed by atoms with Crippen LogP contribution in [0.5, 0.6) is 5.75 Å². The molecule has 0 atom stereocenters. The molecule has 2 N–H and O–H groups in total. The van der Waals surface area contributed by atoms with E-state index >= 15 is 0 Å². The number of nitrogens with one attached hydrogen (secondary N) is 2. The van der Waals surface area contributed by atoms with Crippen molar-refractivity contribution in [3.05, 3.63) is 76.2 Å². The molecule has 0 spiro atoms. The second-order valence-electron chi connectivity index (χ2n) is 6.46. The summed E-state index contributed by atoms with van der Waals surface area (Å²) in [5.74, 6) is -0.898. The van der Waals surface area contributed by atoms with Crippen molar-refractivity contribution in [3.8, 4) is 5.75 Å². The van der Waals surface area contributed by atoms with Crippen LogP contribution >= 0.6 is 11.3 Å². The lowest BCUT2D eigenvalue weighted by molar-refractivity contribution is 0.0601. The molecule has 7 nitrogen and oxygen atoms in total. The highest BCUT2D eigenvalue weighted by atomic mass is 32.1. The van der Waals surface area contributed by atoms with Gasteiger partial charge < -0.3 is 20.1 Å². The normalized spacial score (nSPS) is 10.3. The van der Waals surface area contributed by atoms with E-state index in [1.54, 1.807) is 55.5 Å². The van der Waals surface area contributed by atoms with E-state index in [0.29, 0.717) is 29.2 Å². The van der Waals surface area contributed by atoms with Gasteiger partial charge in [0.1, 0.15) is 10.8 Å². The molecule has 0 aliphatic rings. The predicted octanol–water partition coefficient (Wildman–Crippen LogP) is 4.75. The van der Waals surface area contributed by atoms with Gasteiger partial charge in [0.25, 0.3) is 11.8 Å². The van der Waals surface area contributed by atoms with Crippen LogP contribution in [0.2, 0.25) is 0 Å². The standard InChI is InChI=1S/C23H22N2O5S/c1-4-30-17-13-9-8-12-16(17)24-21(27)19-14(2)18(23(28)29-3)22(31-19)25-20(26)15-10-6-5-7-11-15/h5-13H,4H2,1-3H3,(H,24,27)(H,25,26). The monoisotopic (exact) mass is 438 g/mol. The maximum absolute atomic E-state index is 13.0. The average molecular weight is 439 g/mol. The maximum atomic E-state index is 13.0. The molecule has 0 aliphatic heterocycles. The van der Waals surface area contributed by atoms with Gasteiger partial charge >= 0.3 is 5.97 Å². The molecule has 0 aliphatic carbocycles.